The minimum Gasteiger partial charge on any atom is -0.477 e. The van der Waals surface area contributed by atoms with Crippen molar-refractivity contribution in [1.82, 2.24) is 9.97 Å². The van der Waals surface area contributed by atoms with E-state index >= 15 is 0 Å². The third-order valence-electron chi connectivity index (χ3n) is 2.46. The van der Waals surface area contributed by atoms with Crippen molar-refractivity contribution in [1.29, 1.82) is 0 Å². The molecule has 0 bridgehead atoms. The summed E-state index contributed by atoms with van der Waals surface area (Å²) in [6.45, 7) is 5.53. The van der Waals surface area contributed by atoms with Crippen LogP contribution in [0.2, 0.25) is 0 Å². The molecule has 0 fully saturated rings. The first-order valence-corrected chi connectivity index (χ1v) is 5.28. The lowest BCUT2D eigenvalue weighted by molar-refractivity contribution is 0.0571. The quantitative estimate of drug-likeness (QED) is 0.824. The first kappa shape index (κ1) is 13.4. The van der Waals surface area contributed by atoms with Gasteiger partial charge in [-0.1, -0.05) is 13.8 Å². The number of aryl methyl sites for hydroxylation is 1. The maximum atomic E-state index is 10.9. The largest absolute Gasteiger partial charge is 0.477 e. The number of rotatable bonds is 4. The van der Waals surface area contributed by atoms with Gasteiger partial charge in [-0.3, -0.25) is 0 Å². The zero-order valence-corrected chi connectivity index (χ0v) is 10.4. The summed E-state index contributed by atoms with van der Waals surface area (Å²) >= 11 is 0. The van der Waals surface area contributed by atoms with Gasteiger partial charge in [-0.25, -0.2) is 14.8 Å². The molecule has 0 radical (unpaired) electrons. The predicted octanol–water partition coefficient (Wildman–Crippen LogP) is 1.41. The van der Waals surface area contributed by atoms with Crippen molar-refractivity contribution in [2.24, 2.45) is 5.92 Å². The number of aromatic nitrogens is 2. The molecule has 6 nitrogen and oxygen atoms in total. The topological polar surface area (TPSA) is 98.3 Å². The van der Waals surface area contributed by atoms with Crippen molar-refractivity contribution >= 4 is 11.8 Å². The molecule has 3 N–H and O–H groups in total. The van der Waals surface area contributed by atoms with Crippen LogP contribution in [0.5, 0.6) is 0 Å². The molecule has 0 aliphatic heterocycles. The van der Waals surface area contributed by atoms with Gasteiger partial charge < -0.3 is 15.6 Å². The molecule has 1 rings (SSSR count). The van der Waals surface area contributed by atoms with Crippen molar-refractivity contribution in [3.63, 3.8) is 0 Å². The summed E-state index contributed by atoms with van der Waals surface area (Å²) in [7, 11) is 1.56. The molecule has 94 valence electrons. The number of methoxy groups -OCH3 is 1. The van der Waals surface area contributed by atoms with Crippen molar-refractivity contribution in [3.8, 4) is 0 Å². The fourth-order valence-electron chi connectivity index (χ4n) is 1.68. The number of aromatic carboxylic acids is 1. The molecule has 0 aromatic carbocycles. The van der Waals surface area contributed by atoms with Gasteiger partial charge in [-0.05, 0) is 12.8 Å². The highest BCUT2D eigenvalue weighted by molar-refractivity contribution is 5.93. The number of nitrogen functional groups attached to an aromatic ring is 1. The average molecular weight is 239 g/mol. The number of hydrogen-bond acceptors (Lipinski definition) is 5. The van der Waals surface area contributed by atoms with E-state index in [4.69, 9.17) is 15.6 Å². The third-order valence-corrected chi connectivity index (χ3v) is 2.46. The molecule has 1 heterocycles. The van der Waals surface area contributed by atoms with Crippen LogP contribution in [0, 0.1) is 12.8 Å². The molecule has 1 atom stereocenters. The number of nitrogens with two attached hydrogens (primary N) is 1. The van der Waals surface area contributed by atoms with Crippen LogP contribution in [0.1, 0.15) is 41.8 Å². The second-order valence-electron chi connectivity index (χ2n) is 4.13. The minimum atomic E-state index is -1.12. The Morgan fingerprint density at radius 3 is 2.35 bits per heavy atom. The summed E-state index contributed by atoms with van der Waals surface area (Å²) in [5.41, 5.74) is 5.93. The highest BCUT2D eigenvalue weighted by Gasteiger charge is 2.22. The Balaban J connectivity index is 3.26. The molecule has 6 heteroatoms. The van der Waals surface area contributed by atoms with Gasteiger partial charge in [0.15, 0.2) is 5.82 Å². The van der Waals surface area contributed by atoms with E-state index in [9.17, 15) is 4.79 Å². The molecule has 0 spiro atoms. The van der Waals surface area contributed by atoms with E-state index in [1.807, 2.05) is 13.8 Å². The fourth-order valence-corrected chi connectivity index (χ4v) is 1.68. The molecular weight excluding hydrogens is 222 g/mol. The lowest BCUT2D eigenvalue weighted by atomic mass is 10.1. The molecule has 0 aliphatic carbocycles. The molecule has 1 aromatic rings. The molecule has 1 aromatic heterocycles. The highest BCUT2D eigenvalue weighted by Crippen LogP contribution is 2.24. The zero-order chi connectivity index (χ0) is 13.2. The lowest BCUT2D eigenvalue weighted by Crippen LogP contribution is -2.17. The smallest absolute Gasteiger partial charge is 0.341 e. The monoisotopic (exact) mass is 239 g/mol. The SMILES string of the molecule is COC(c1nc(C)c(C(=O)O)c(N)n1)C(C)C. The van der Waals surface area contributed by atoms with Gasteiger partial charge in [0, 0.05) is 7.11 Å². The summed E-state index contributed by atoms with van der Waals surface area (Å²) in [6, 6.07) is 0. The Morgan fingerprint density at radius 2 is 2.00 bits per heavy atom. The van der Waals surface area contributed by atoms with E-state index in [0.717, 1.165) is 0 Å². The van der Waals surface area contributed by atoms with E-state index in [1.54, 1.807) is 14.0 Å². The van der Waals surface area contributed by atoms with E-state index < -0.39 is 5.97 Å². The van der Waals surface area contributed by atoms with E-state index in [2.05, 4.69) is 9.97 Å². The Morgan fingerprint density at radius 1 is 1.41 bits per heavy atom. The van der Waals surface area contributed by atoms with Crippen LogP contribution in [-0.2, 0) is 4.74 Å². The number of hydrogen-bond donors (Lipinski definition) is 2. The Bertz CT molecular complexity index is 409. The number of nitrogens with zero attached hydrogens (tertiary/aromatic N) is 2. The standard InChI is InChI=1S/C11H17N3O3/c1-5(2)8(17-4)10-13-6(3)7(11(15)16)9(12)14-10/h5,8H,1-4H3,(H,15,16)(H2,12,13,14). The first-order valence-electron chi connectivity index (χ1n) is 5.28. The van der Waals surface area contributed by atoms with Gasteiger partial charge in [0.1, 0.15) is 17.5 Å². The van der Waals surface area contributed by atoms with Crippen LogP contribution in [-0.4, -0.2) is 28.2 Å². The third kappa shape index (κ3) is 2.71. The minimum absolute atomic E-state index is 0.0253. The number of carbonyl (C=O) groups is 1. The van der Waals surface area contributed by atoms with Crippen LogP contribution >= 0.6 is 0 Å². The van der Waals surface area contributed by atoms with Crippen molar-refractivity contribution in [2.75, 3.05) is 12.8 Å². The Hall–Kier alpha value is -1.69. The number of anilines is 1. The van der Waals surface area contributed by atoms with E-state index in [0.29, 0.717) is 11.5 Å². The maximum Gasteiger partial charge on any atom is 0.341 e. The summed E-state index contributed by atoms with van der Waals surface area (Å²) in [4.78, 5) is 19.1. The van der Waals surface area contributed by atoms with Gasteiger partial charge in [-0.2, -0.15) is 0 Å². The molecule has 0 aliphatic rings. The van der Waals surface area contributed by atoms with E-state index in [-0.39, 0.29) is 23.4 Å². The number of carboxylic acids is 1. The summed E-state index contributed by atoms with van der Waals surface area (Å²) in [5.74, 6) is -0.551. The molecule has 17 heavy (non-hydrogen) atoms. The normalized spacial score (nSPS) is 12.8. The maximum absolute atomic E-state index is 10.9. The molecule has 1 unspecified atom stereocenters. The Labute approximate surface area is 99.8 Å². The second kappa shape index (κ2) is 5.09. The summed E-state index contributed by atoms with van der Waals surface area (Å²) in [6.07, 6.45) is -0.293. The summed E-state index contributed by atoms with van der Waals surface area (Å²) < 4.78 is 5.28. The van der Waals surface area contributed by atoms with E-state index in [1.165, 1.54) is 0 Å². The average Bonchev–Trinajstić information content (AvgIpc) is 2.15. The number of ether oxygens (including phenoxy) is 1. The fraction of sp³-hybridized carbons (Fsp3) is 0.545. The van der Waals surface area contributed by atoms with Crippen molar-refractivity contribution in [2.45, 2.75) is 26.9 Å². The van der Waals surface area contributed by atoms with Gasteiger partial charge in [0.05, 0.1) is 5.69 Å². The van der Waals surface area contributed by atoms with Crippen LogP contribution in [0.3, 0.4) is 0 Å². The second-order valence-corrected chi connectivity index (χ2v) is 4.13. The van der Waals surface area contributed by atoms with Crippen LogP contribution in [0.15, 0.2) is 0 Å². The van der Waals surface area contributed by atoms with Crippen molar-refractivity contribution < 1.29 is 14.6 Å². The Kier molecular flexibility index (Phi) is 4.01. The molecule has 0 saturated carbocycles. The van der Waals surface area contributed by atoms with Gasteiger partial charge in [0.2, 0.25) is 0 Å². The van der Waals surface area contributed by atoms with Gasteiger partial charge in [-0.15, -0.1) is 0 Å². The predicted molar refractivity (Wildman–Crippen MR) is 62.7 cm³/mol. The number of carboxylic acid groups (broad SMARTS) is 1. The molecular formula is C11H17N3O3. The van der Waals surface area contributed by atoms with Crippen LogP contribution in [0.4, 0.5) is 5.82 Å². The van der Waals surface area contributed by atoms with Gasteiger partial charge >= 0.3 is 5.97 Å². The zero-order valence-electron chi connectivity index (χ0n) is 10.4. The lowest BCUT2D eigenvalue weighted by Gasteiger charge is -2.18. The first-order chi connectivity index (χ1) is 7.88. The van der Waals surface area contributed by atoms with Crippen LogP contribution in [0.25, 0.3) is 0 Å². The van der Waals surface area contributed by atoms with Crippen LogP contribution < -0.4 is 5.73 Å². The molecule has 0 saturated heterocycles. The molecule has 0 amide bonds. The van der Waals surface area contributed by atoms with Gasteiger partial charge in [0.25, 0.3) is 0 Å². The highest BCUT2D eigenvalue weighted by atomic mass is 16.5. The van der Waals surface area contributed by atoms with Crippen molar-refractivity contribution in [3.05, 3.63) is 17.1 Å². The summed E-state index contributed by atoms with van der Waals surface area (Å²) in [5, 5.41) is 8.95.